The zero-order valence-corrected chi connectivity index (χ0v) is 12.3. The van der Waals surface area contributed by atoms with E-state index in [0.29, 0.717) is 0 Å². The van der Waals surface area contributed by atoms with Crippen molar-refractivity contribution in [1.29, 1.82) is 0 Å². The number of rotatable bonds is 5. The molecule has 0 aliphatic heterocycles. The van der Waals surface area contributed by atoms with E-state index in [1.807, 2.05) is 0 Å². The summed E-state index contributed by atoms with van der Waals surface area (Å²) in [6.45, 7) is 1.79. The molecular formula is C14H18N2O3S. The summed E-state index contributed by atoms with van der Waals surface area (Å²) in [5, 5.41) is 2.73. The van der Waals surface area contributed by atoms with Crippen molar-refractivity contribution >= 4 is 15.7 Å². The Morgan fingerprint density at radius 2 is 1.95 bits per heavy atom. The lowest BCUT2D eigenvalue weighted by Gasteiger charge is -2.17. The van der Waals surface area contributed by atoms with Crippen LogP contribution < -0.4 is 11.1 Å². The summed E-state index contributed by atoms with van der Waals surface area (Å²) in [6, 6.07) is 5.32. The van der Waals surface area contributed by atoms with Crippen LogP contribution >= 0.6 is 0 Å². The number of amides is 1. The zero-order valence-electron chi connectivity index (χ0n) is 11.5. The molecule has 0 aromatic heterocycles. The Bertz CT molecular complexity index is 615. The lowest BCUT2D eigenvalue weighted by Crippen LogP contribution is -2.41. The monoisotopic (exact) mass is 294 g/mol. The molecule has 2 unspecified atom stereocenters. The highest BCUT2D eigenvalue weighted by Gasteiger charge is 2.16. The molecule has 1 aromatic rings. The molecule has 3 N–H and O–H groups in total. The molecule has 0 aliphatic carbocycles. The van der Waals surface area contributed by atoms with Crippen LogP contribution in [-0.2, 0) is 14.6 Å². The fourth-order valence-corrected chi connectivity index (χ4v) is 2.26. The predicted octanol–water partition coefficient (Wildman–Crippen LogP) is 0.618. The highest BCUT2D eigenvalue weighted by Crippen LogP contribution is 2.16. The van der Waals surface area contributed by atoms with Gasteiger partial charge in [0, 0.05) is 12.7 Å². The van der Waals surface area contributed by atoms with E-state index in [1.54, 1.807) is 19.1 Å². The highest BCUT2D eigenvalue weighted by molar-refractivity contribution is 7.90. The molecule has 0 radical (unpaired) electrons. The Labute approximate surface area is 119 Å². The van der Waals surface area contributed by atoms with Crippen molar-refractivity contribution in [2.45, 2.75) is 30.3 Å². The molecule has 108 valence electrons. The van der Waals surface area contributed by atoms with E-state index in [4.69, 9.17) is 12.2 Å². The Balaban J connectivity index is 2.76. The molecule has 1 amide bonds. The molecular weight excluding hydrogens is 276 g/mol. The molecule has 0 saturated carbocycles. The van der Waals surface area contributed by atoms with Crippen molar-refractivity contribution in [1.82, 2.24) is 5.32 Å². The summed E-state index contributed by atoms with van der Waals surface area (Å²) in [5.74, 6) is 2.00. The number of hydrogen-bond donors (Lipinski definition) is 2. The van der Waals surface area contributed by atoms with Crippen molar-refractivity contribution < 1.29 is 13.2 Å². The summed E-state index contributed by atoms with van der Waals surface area (Å²) >= 11 is 0. The number of carbonyl (C=O) groups is 1. The van der Waals surface area contributed by atoms with Crippen molar-refractivity contribution in [3.63, 3.8) is 0 Å². The number of benzene rings is 1. The number of terminal acetylenes is 1. The first-order chi connectivity index (χ1) is 9.25. The molecule has 20 heavy (non-hydrogen) atoms. The second kappa shape index (κ2) is 6.55. The minimum absolute atomic E-state index is 0.172. The molecule has 0 aliphatic rings. The van der Waals surface area contributed by atoms with Gasteiger partial charge in [0.25, 0.3) is 0 Å². The molecule has 0 spiro atoms. The van der Waals surface area contributed by atoms with E-state index in [-0.39, 0.29) is 23.3 Å². The van der Waals surface area contributed by atoms with Crippen LogP contribution in [0.4, 0.5) is 0 Å². The Hall–Kier alpha value is -1.84. The first-order valence-corrected chi connectivity index (χ1v) is 7.94. The molecule has 0 bridgehead atoms. The van der Waals surface area contributed by atoms with Crippen molar-refractivity contribution in [3.8, 4) is 12.3 Å². The Kier molecular flexibility index (Phi) is 5.31. The average Bonchev–Trinajstić information content (AvgIpc) is 2.38. The van der Waals surface area contributed by atoms with Gasteiger partial charge in [0.1, 0.15) is 0 Å². The van der Waals surface area contributed by atoms with Crippen LogP contribution in [-0.4, -0.2) is 26.6 Å². The smallest absolute Gasteiger partial charge is 0.238 e. The molecule has 0 heterocycles. The molecule has 5 nitrogen and oxygen atoms in total. The maximum absolute atomic E-state index is 11.7. The topological polar surface area (TPSA) is 89.3 Å². The van der Waals surface area contributed by atoms with Crippen LogP contribution in [0.15, 0.2) is 29.2 Å². The number of hydrogen-bond acceptors (Lipinski definition) is 4. The summed E-state index contributed by atoms with van der Waals surface area (Å²) in [6.07, 6.45) is 6.42. The van der Waals surface area contributed by atoms with Gasteiger partial charge in [-0.1, -0.05) is 12.1 Å². The number of carbonyl (C=O) groups excluding carboxylic acids is 1. The van der Waals surface area contributed by atoms with Crippen LogP contribution in [0, 0.1) is 12.3 Å². The van der Waals surface area contributed by atoms with E-state index < -0.39 is 15.9 Å². The van der Waals surface area contributed by atoms with Crippen LogP contribution in [0.25, 0.3) is 0 Å². The Morgan fingerprint density at radius 1 is 1.40 bits per heavy atom. The molecule has 1 rings (SSSR count). The SMILES string of the molecule is C#CCC(N)C(=O)NC(C)c1ccc(S(C)(=O)=O)cc1. The second-order valence-corrected chi connectivity index (χ2v) is 6.60. The Morgan fingerprint density at radius 3 is 2.40 bits per heavy atom. The van der Waals surface area contributed by atoms with Gasteiger partial charge >= 0.3 is 0 Å². The standard InChI is InChI=1S/C14H18N2O3S/c1-4-5-13(15)14(17)16-10(2)11-6-8-12(9-7-11)20(3,18)19/h1,6-10,13H,5,15H2,2-3H3,(H,16,17). The molecule has 1 aromatic carbocycles. The third kappa shape index (κ3) is 4.37. The van der Waals surface area contributed by atoms with Crippen molar-refractivity contribution in [3.05, 3.63) is 29.8 Å². The third-order valence-corrected chi connectivity index (χ3v) is 3.97. The van der Waals surface area contributed by atoms with Gasteiger partial charge in [0.2, 0.25) is 5.91 Å². The largest absolute Gasteiger partial charge is 0.348 e. The van der Waals surface area contributed by atoms with Crippen LogP contribution in [0.1, 0.15) is 24.9 Å². The molecule has 6 heteroatoms. The predicted molar refractivity (Wildman–Crippen MR) is 77.5 cm³/mol. The van der Waals surface area contributed by atoms with E-state index in [2.05, 4.69) is 11.2 Å². The van der Waals surface area contributed by atoms with Crippen molar-refractivity contribution in [2.75, 3.05) is 6.26 Å². The quantitative estimate of drug-likeness (QED) is 0.779. The maximum Gasteiger partial charge on any atom is 0.238 e. The number of nitrogens with one attached hydrogen (secondary N) is 1. The fraction of sp³-hybridized carbons (Fsp3) is 0.357. The maximum atomic E-state index is 11.7. The van der Waals surface area contributed by atoms with Gasteiger partial charge in [-0.25, -0.2) is 8.42 Å². The summed E-state index contributed by atoms with van der Waals surface area (Å²) < 4.78 is 22.7. The third-order valence-electron chi connectivity index (χ3n) is 2.84. The molecule has 0 fully saturated rings. The molecule has 0 saturated heterocycles. The minimum atomic E-state index is -3.22. The number of nitrogens with two attached hydrogens (primary N) is 1. The van der Waals surface area contributed by atoms with E-state index >= 15 is 0 Å². The van der Waals surface area contributed by atoms with Gasteiger partial charge in [-0.05, 0) is 24.6 Å². The average molecular weight is 294 g/mol. The summed E-state index contributed by atoms with van der Waals surface area (Å²) in [7, 11) is -3.22. The second-order valence-electron chi connectivity index (χ2n) is 4.59. The first kappa shape index (κ1) is 16.2. The minimum Gasteiger partial charge on any atom is -0.348 e. The van der Waals surface area contributed by atoms with Gasteiger partial charge in [-0.15, -0.1) is 12.3 Å². The van der Waals surface area contributed by atoms with E-state index in [0.717, 1.165) is 11.8 Å². The molecule has 2 atom stereocenters. The van der Waals surface area contributed by atoms with E-state index in [9.17, 15) is 13.2 Å². The van der Waals surface area contributed by atoms with Gasteiger partial charge in [0.05, 0.1) is 17.0 Å². The lowest BCUT2D eigenvalue weighted by molar-refractivity contribution is -0.122. The fourth-order valence-electron chi connectivity index (χ4n) is 1.63. The van der Waals surface area contributed by atoms with Gasteiger partial charge in [-0.3, -0.25) is 4.79 Å². The van der Waals surface area contributed by atoms with Crippen LogP contribution in [0.3, 0.4) is 0 Å². The van der Waals surface area contributed by atoms with Crippen molar-refractivity contribution in [2.24, 2.45) is 5.73 Å². The van der Waals surface area contributed by atoms with Gasteiger partial charge in [-0.2, -0.15) is 0 Å². The number of sulfone groups is 1. The normalized spacial score (nSPS) is 14.1. The van der Waals surface area contributed by atoms with Gasteiger partial charge in [0.15, 0.2) is 9.84 Å². The van der Waals surface area contributed by atoms with Crippen LogP contribution in [0.2, 0.25) is 0 Å². The summed E-state index contributed by atoms with van der Waals surface area (Å²) in [5.41, 5.74) is 6.39. The highest BCUT2D eigenvalue weighted by atomic mass is 32.2. The van der Waals surface area contributed by atoms with Gasteiger partial charge < -0.3 is 11.1 Å². The van der Waals surface area contributed by atoms with Crippen LogP contribution in [0.5, 0.6) is 0 Å². The van der Waals surface area contributed by atoms with E-state index in [1.165, 1.54) is 12.1 Å². The lowest BCUT2D eigenvalue weighted by atomic mass is 10.1. The summed E-state index contributed by atoms with van der Waals surface area (Å²) in [4.78, 5) is 12.0. The first-order valence-electron chi connectivity index (χ1n) is 6.05. The zero-order chi connectivity index (χ0) is 15.3.